The quantitative estimate of drug-likeness (QED) is 0.926. The van der Waals surface area contributed by atoms with Gasteiger partial charge in [0.15, 0.2) is 0 Å². The number of hydrogen-bond acceptors (Lipinski definition) is 3. The molecule has 3 rings (SSSR count). The predicted octanol–water partition coefficient (Wildman–Crippen LogP) is 2.03. The van der Waals surface area contributed by atoms with E-state index in [2.05, 4.69) is 17.1 Å². The second kappa shape index (κ2) is 7.41. The minimum absolute atomic E-state index is 0.171. The van der Waals surface area contributed by atoms with Gasteiger partial charge in [0, 0.05) is 39.3 Å². The largest absolute Gasteiger partial charge is 0.341 e. The average molecular weight is 319 g/mol. The Kier molecular flexibility index (Phi) is 5.28. The number of amides is 1. The van der Waals surface area contributed by atoms with Gasteiger partial charge in [0.25, 0.3) is 0 Å². The van der Waals surface area contributed by atoms with Crippen LogP contribution in [0.2, 0.25) is 0 Å². The zero-order valence-electron chi connectivity index (χ0n) is 13.8. The molecule has 1 aromatic carbocycles. The fourth-order valence-electron chi connectivity index (χ4n) is 3.66. The summed E-state index contributed by atoms with van der Waals surface area (Å²) in [6.07, 6.45) is 2.27. The van der Waals surface area contributed by atoms with E-state index in [-0.39, 0.29) is 17.8 Å². The molecule has 2 atom stereocenters. The van der Waals surface area contributed by atoms with Crippen molar-refractivity contribution < 1.29 is 9.18 Å². The lowest BCUT2D eigenvalue weighted by atomic mass is 9.97. The maximum atomic E-state index is 13.3. The van der Waals surface area contributed by atoms with Gasteiger partial charge in [-0.2, -0.15) is 0 Å². The van der Waals surface area contributed by atoms with E-state index in [9.17, 15) is 9.18 Å². The van der Waals surface area contributed by atoms with Gasteiger partial charge < -0.3 is 10.2 Å². The van der Waals surface area contributed by atoms with Crippen LogP contribution < -0.4 is 5.32 Å². The van der Waals surface area contributed by atoms with Gasteiger partial charge >= 0.3 is 0 Å². The van der Waals surface area contributed by atoms with E-state index in [1.807, 2.05) is 4.90 Å². The molecule has 0 radical (unpaired) electrons. The first-order valence-electron chi connectivity index (χ1n) is 8.64. The summed E-state index contributed by atoms with van der Waals surface area (Å²) in [6.45, 7) is 7.35. The van der Waals surface area contributed by atoms with Crippen molar-refractivity contribution in [2.45, 2.75) is 25.8 Å². The first-order chi connectivity index (χ1) is 11.1. The monoisotopic (exact) mass is 319 g/mol. The van der Waals surface area contributed by atoms with Crippen molar-refractivity contribution in [1.29, 1.82) is 0 Å². The number of likely N-dealkylation sites (tertiary alicyclic amines) is 1. The van der Waals surface area contributed by atoms with Gasteiger partial charge in [0.2, 0.25) is 5.91 Å². The molecule has 2 heterocycles. The number of piperidine rings is 1. The van der Waals surface area contributed by atoms with Crippen LogP contribution >= 0.6 is 0 Å². The van der Waals surface area contributed by atoms with Gasteiger partial charge in [-0.1, -0.05) is 19.1 Å². The second-order valence-electron chi connectivity index (χ2n) is 6.77. The van der Waals surface area contributed by atoms with Gasteiger partial charge in [-0.25, -0.2) is 4.39 Å². The van der Waals surface area contributed by atoms with Crippen molar-refractivity contribution in [2.75, 3.05) is 39.3 Å². The Hall–Kier alpha value is -1.46. The Morgan fingerprint density at radius 3 is 2.57 bits per heavy atom. The highest BCUT2D eigenvalue weighted by Crippen LogP contribution is 2.26. The molecule has 23 heavy (non-hydrogen) atoms. The maximum absolute atomic E-state index is 13.3. The number of nitrogens with one attached hydrogen (secondary N) is 1. The summed E-state index contributed by atoms with van der Waals surface area (Å²) in [5, 5.41) is 3.33. The zero-order valence-corrected chi connectivity index (χ0v) is 13.8. The predicted molar refractivity (Wildman–Crippen MR) is 88.6 cm³/mol. The summed E-state index contributed by atoms with van der Waals surface area (Å²) in [5.74, 6) is 0.474. The third-order valence-electron chi connectivity index (χ3n) is 4.91. The van der Waals surface area contributed by atoms with E-state index in [0.717, 1.165) is 51.3 Å². The molecule has 0 bridgehead atoms. The lowest BCUT2D eigenvalue weighted by Crippen LogP contribution is -2.51. The van der Waals surface area contributed by atoms with Gasteiger partial charge in [0.05, 0.1) is 0 Å². The van der Waals surface area contributed by atoms with E-state index in [1.54, 1.807) is 12.1 Å². The van der Waals surface area contributed by atoms with Crippen molar-refractivity contribution in [2.24, 2.45) is 5.92 Å². The van der Waals surface area contributed by atoms with E-state index in [4.69, 9.17) is 0 Å². The minimum Gasteiger partial charge on any atom is -0.341 e. The highest BCUT2D eigenvalue weighted by Gasteiger charge is 2.33. The van der Waals surface area contributed by atoms with Crippen LogP contribution in [0, 0.1) is 11.7 Å². The third kappa shape index (κ3) is 3.90. The molecule has 2 unspecified atom stereocenters. The van der Waals surface area contributed by atoms with Crippen LogP contribution in [0.1, 0.15) is 31.4 Å². The van der Waals surface area contributed by atoms with Crippen molar-refractivity contribution in [3.05, 3.63) is 35.6 Å². The van der Waals surface area contributed by atoms with Crippen LogP contribution in [0.5, 0.6) is 0 Å². The molecular formula is C18H26FN3O. The normalized spacial score (nSPS) is 24.4. The molecule has 126 valence electrons. The first kappa shape index (κ1) is 16.4. The Balaban J connectivity index is 1.84. The summed E-state index contributed by atoms with van der Waals surface area (Å²) in [5.41, 5.74) is 0.900. The Morgan fingerprint density at radius 2 is 1.91 bits per heavy atom. The molecule has 0 saturated carbocycles. The van der Waals surface area contributed by atoms with Crippen LogP contribution in [0.4, 0.5) is 4.39 Å². The Morgan fingerprint density at radius 1 is 1.22 bits per heavy atom. The van der Waals surface area contributed by atoms with Crippen molar-refractivity contribution in [3.8, 4) is 0 Å². The Bertz CT molecular complexity index is 528. The van der Waals surface area contributed by atoms with Crippen molar-refractivity contribution >= 4 is 5.91 Å². The molecule has 0 aliphatic carbocycles. The van der Waals surface area contributed by atoms with Crippen LogP contribution in [-0.2, 0) is 4.79 Å². The molecule has 5 heteroatoms. The number of benzene rings is 1. The molecule has 2 saturated heterocycles. The molecule has 2 aliphatic heterocycles. The standard InChI is InChI=1S/C18H26FN3O/c1-14-3-2-10-22(13-14)18(23)17(21-11-8-20-9-12-21)15-4-6-16(19)7-5-15/h4-7,14,17,20H,2-3,8-13H2,1H3. The molecule has 2 fully saturated rings. The minimum atomic E-state index is -0.289. The summed E-state index contributed by atoms with van der Waals surface area (Å²) in [6, 6.07) is 6.14. The fraction of sp³-hybridized carbons (Fsp3) is 0.611. The first-order valence-corrected chi connectivity index (χ1v) is 8.64. The van der Waals surface area contributed by atoms with Crippen LogP contribution in [0.15, 0.2) is 24.3 Å². The summed E-state index contributed by atoms with van der Waals surface area (Å²) >= 11 is 0. The molecule has 0 aromatic heterocycles. The van der Waals surface area contributed by atoms with Crippen molar-refractivity contribution in [3.63, 3.8) is 0 Å². The number of rotatable bonds is 3. The fourth-order valence-corrected chi connectivity index (χ4v) is 3.66. The molecule has 4 nitrogen and oxygen atoms in total. The Labute approximate surface area is 137 Å². The lowest BCUT2D eigenvalue weighted by Gasteiger charge is -2.39. The summed E-state index contributed by atoms with van der Waals surface area (Å²) < 4.78 is 13.3. The van der Waals surface area contributed by atoms with Gasteiger partial charge in [0.1, 0.15) is 11.9 Å². The number of hydrogen-bond donors (Lipinski definition) is 1. The highest BCUT2D eigenvalue weighted by atomic mass is 19.1. The van der Waals surface area contributed by atoms with Gasteiger partial charge in [-0.05, 0) is 36.5 Å². The topological polar surface area (TPSA) is 35.6 Å². The van der Waals surface area contributed by atoms with E-state index in [0.29, 0.717) is 5.92 Å². The molecule has 1 amide bonds. The second-order valence-corrected chi connectivity index (χ2v) is 6.77. The van der Waals surface area contributed by atoms with Crippen LogP contribution in [0.3, 0.4) is 0 Å². The van der Waals surface area contributed by atoms with E-state index in [1.165, 1.54) is 18.6 Å². The zero-order chi connectivity index (χ0) is 16.2. The third-order valence-corrected chi connectivity index (χ3v) is 4.91. The maximum Gasteiger partial charge on any atom is 0.244 e. The number of piperazine rings is 1. The SMILES string of the molecule is CC1CCCN(C(=O)C(c2ccc(F)cc2)N2CCNCC2)C1. The smallest absolute Gasteiger partial charge is 0.244 e. The average Bonchev–Trinajstić information content (AvgIpc) is 2.58. The van der Waals surface area contributed by atoms with E-state index < -0.39 is 0 Å². The van der Waals surface area contributed by atoms with Gasteiger partial charge in [-0.3, -0.25) is 9.69 Å². The summed E-state index contributed by atoms with van der Waals surface area (Å²) in [7, 11) is 0. The van der Waals surface area contributed by atoms with Crippen molar-refractivity contribution in [1.82, 2.24) is 15.1 Å². The summed E-state index contributed by atoms with van der Waals surface area (Å²) in [4.78, 5) is 17.4. The molecule has 1 N–H and O–H groups in total. The number of carbonyl (C=O) groups is 1. The molecule has 1 aromatic rings. The van der Waals surface area contributed by atoms with Crippen LogP contribution in [-0.4, -0.2) is 55.0 Å². The number of carbonyl (C=O) groups excluding carboxylic acids is 1. The van der Waals surface area contributed by atoms with E-state index >= 15 is 0 Å². The number of nitrogens with zero attached hydrogens (tertiary/aromatic N) is 2. The van der Waals surface area contributed by atoms with Gasteiger partial charge in [-0.15, -0.1) is 0 Å². The number of halogens is 1. The van der Waals surface area contributed by atoms with Crippen LogP contribution in [0.25, 0.3) is 0 Å². The molecular weight excluding hydrogens is 293 g/mol. The molecule has 0 spiro atoms. The molecule has 2 aliphatic rings. The lowest BCUT2D eigenvalue weighted by molar-refractivity contribution is -0.139. The highest BCUT2D eigenvalue weighted by molar-refractivity contribution is 5.83.